The second-order valence-corrected chi connectivity index (χ2v) is 8.69. The monoisotopic (exact) mass is 417 g/mol. The van der Waals surface area contributed by atoms with Crippen molar-refractivity contribution in [1.29, 1.82) is 0 Å². The molecule has 0 unspecified atom stereocenters. The zero-order valence-electron chi connectivity index (χ0n) is 16.0. The molecule has 1 heterocycles. The fourth-order valence-electron chi connectivity index (χ4n) is 2.99. The molecule has 0 aliphatic rings. The van der Waals surface area contributed by atoms with Crippen molar-refractivity contribution in [2.24, 2.45) is 0 Å². The van der Waals surface area contributed by atoms with Crippen LogP contribution in [0.1, 0.15) is 15.9 Å². The fraction of sp³-hybridized carbons (Fsp3) is 0.0435. The van der Waals surface area contributed by atoms with Crippen LogP contribution in [0.2, 0.25) is 0 Å². The Balaban J connectivity index is 1.43. The molecule has 4 rings (SSSR count). The normalized spacial score (nSPS) is 11.2. The second-order valence-electron chi connectivity index (χ2n) is 6.70. The Morgan fingerprint density at radius 3 is 2.13 bits per heavy atom. The molecule has 0 radical (unpaired) electrons. The number of hydrogen-bond acceptors (Lipinski definition) is 4. The van der Waals surface area contributed by atoms with Crippen LogP contribution in [0, 0.1) is 0 Å². The molecule has 6 nitrogen and oxygen atoms in total. The third-order valence-corrected chi connectivity index (χ3v) is 6.23. The van der Waals surface area contributed by atoms with E-state index in [0.717, 1.165) is 5.69 Å². The number of aromatic nitrogens is 2. The summed E-state index contributed by atoms with van der Waals surface area (Å²) in [5.41, 5.74) is 1.93. The van der Waals surface area contributed by atoms with Crippen LogP contribution in [0.4, 0.5) is 5.82 Å². The largest absolute Gasteiger partial charge is 0.305 e. The van der Waals surface area contributed by atoms with Gasteiger partial charge in [-0.15, -0.1) is 0 Å². The van der Waals surface area contributed by atoms with Gasteiger partial charge in [-0.25, -0.2) is 13.1 Å². The minimum atomic E-state index is -3.43. The summed E-state index contributed by atoms with van der Waals surface area (Å²) >= 11 is 0. The van der Waals surface area contributed by atoms with Gasteiger partial charge in [-0.1, -0.05) is 48.5 Å². The highest BCUT2D eigenvalue weighted by Gasteiger charge is 2.15. The molecule has 30 heavy (non-hydrogen) atoms. The molecule has 1 aromatic heterocycles. The average Bonchev–Trinajstić information content (AvgIpc) is 3.24. The summed E-state index contributed by atoms with van der Waals surface area (Å²) in [4.78, 5) is 12.8. The summed E-state index contributed by atoms with van der Waals surface area (Å²) in [5.74, 6) is -0.00853. The lowest BCUT2D eigenvalue weighted by atomic mass is 10.1. The van der Waals surface area contributed by atoms with Gasteiger partial charge in [0.25, 0.3) is 5.91 Å². The summed E-state index contributed by atoms with van der Waals surface area (Å²) in [7, 11) is -3.43. The number of carbonyl (C=O) groups is 1. The smallest absolute Gasteiger partial charge is 0.256 e. The zero-order valence-corrected chi connectivity index (χ0v) is 16.8. The lowest BCUT2D eigenvalue weighted by molar-refractivity contribution is 0.102. The molecule has 0 aliphatic carbocycles. The van der Waals surface area contributed by atoms with Gasteiger partial charge in [0.15, 0.2) is 15.7 Å². The van der Waals surface area contributed by atoms with E-state index in [1.807, 2.05) is 30.3 Å². The minimum absolute atomic E-state index is 0.125. The number of anilines is 1. The van der Waals surface area contributed by atoms with Gasteiger partial charge in [-0.05, 0) is 42.0 Å². The van der Waals surface area contributed by atoms with E-state index < -0.39 is 9.84 Å². The first kappa shape index (κ1) is 19.6. The Hall–Kier alpha value is -3.71. The molecule has 0 saturated heterocycles. The summed E-state index contributed by atoms with van der Waals surface area (Å²) in [6.45, 7) is 0. The van der Waals surface area contributed by atoms with Gasteiger partial charge in [0.05, 0.1) is 16.3 Å². The van der Waals surface area contributed by atoms with Crippen molar-refractivity contribution in [3.63, 3.8) is 0 Å². The van der Waals surface area contributed by atoms with Crippen molar-refractivity contribution >= 4 is 21.6 Å². The highest BCUT2D eigenvalue weighted by molar-refractivity contribution is 7.90. The quantitative estimate of drug-likeness (QED) is 0.512. The Morgan fingerprint density at radius 2 is 1.47 bits per heavy atom. The van der Waals surface area contributed by atoms with Crippen LogP contribution in [0.25, 0.3) is 5.69 Å². The van der Waals surface area contributed by atoms with Gasteiger partial charge in [0.2, 0.25) is 0 Å². The third-order valence-electron chi connectivity index (χ3n) is 4.53. The van der Waals surface area contributed by atoms with E-state index in [2.05, 4.69) is 10.4 Å². The maximum absolute atomic E-state index is 12.5. The van der Waals surface area contributed by atoms with Gasteiger partial charge in [0.1, 0.15) is 0 Å². The first-order valence-corrected chi connectivity index (χ1v) is 11.0. The minimum Gasteiger partial charge on any atom is -0.305 e. The van der Waals surface area contributed by atoms with Gasteiger partial charge in [-0.3, -0.25) is 4.79 Å². The Labute approximate surface area is 174 Å². The van der Waals surface area contributed by atoms with E-state index in [9.17, 15) is 13.2 Å². The molecule has 150 valence electrons. The molecular weight excluding hydrogens is 398 g/mol. The highest BCUT2D eigenvalue weighted by atomic mass is 32.2. The number of benzene rings is 3. The van der Waals surface area contributed by atoms with Crippen molar-refractivity contribution in [2.75, 3.05) is 5.32 Å². The molecule has 0 bridgehead atoms. The van der Waals surface area contributed by atoms with E-state index >= 15 is 0 Å². The second kappa shape index (κ2) is 8.34. The standard InChI is InChI=1S/C23H19N3O3S/c27-23(24-22-15-16-26(25-22)20-7-3-1-4-8-20)19-13-11-18(12-14-19)17-30(28,29)21-9-5-2-6-10-21/h1-16H,17H2,(H,24,25,27). The van der Waals surface area contributed by atoms with Crippen molar-refractivity contribution in [3.8, 4) is 5.69 Å². The predicted molar refractivity (Wildman–Crippen MR) is 115 cm³/mol. The first-order valence-electron chi connectivity index (χ1n) is 9.30. The van der Waals surface area contributed by atoms with Crippen LogP contribution in [-0.2, 0) is 15.6 Å². The molecule has 0 saturated carbocycles. The van der Waals surface area contributed by atoms with Crippen LogP contribution >= 0.6 is 0 Å². The number of nitrogens with one attached hydrogen (secondary N) is 1. The molecule has 7 heteroatoms. The number of sulfone groups is 1. The molecule has 0 atom stereocenters. The van der Waals surface area contributed by atoms with Crippen molar-refractivity contribution in [1.82, 2.24) is 9.78 Å². The van der Waals surface area contributed by atoms with Crippen molar-refractivity contribution in [3.05, 3.63) is 108 Å². The Morgan fingerprint density at radius 1 is 0.833 bits per heavy atom. The van der Waals surface area contributed by atoms with Crippen molar-refractivity contribution < 1.29 is 13.2 Å². The molecule has 3 aromatic carbocycles. The maximum atomic E-state index is 12.5. The molecule has 0 spiro atoms. The van der Waals surface area contributed by atoms with E-state index in [4.69, 9.17) is 0 Å². The lowest BCUT2D eigenvalue weighted by Gasteiger charge is -2.06. The van der Waals surface area contributed by atoms with Crippen LogP contribution in [0.5, 0.6) is 0 Å². The summed E-state index contributed by atoms with van der Waals surface area (Å²) in [6, 6.07) is 26.1. The zero-order chi connectivity index (χ0) is 21.0. The molecular formula is C23H19N3O3S. The first-order chi connectivity index (χ1) is 14.5. The number of para-hydroxylation sites is 1. The van der Waals surface area contributed by atoms with Crippen LogP contribution in [-0.4, -0.2) is 24.1 Å². The summed E-state index contributed by atoms with van der Waals surface area (Å²) in [5, 5.41) is 7.10. The SMILES string of the molecule is O=C(Nc1ccn(-c2ccccc2)n1)c1ccc(CS(=O)(=O)c2ccccc2)cc1. The topological polar surface area (TPSA) is 81.1 Å². The molecule has 1 N–H and O–H groups in total. The van der Waals surface area contributed by atoms with E-state index in [0.29, 0.717) is 16.9 Å². The number of amides is 1. The van der Waals surface area contributed by atoms with E-state index in [1.165, 1.54) is 0 Å². The van der Waals surface area contributed by atoms with E-state index in [1.54, 1.807) is 71.5 Å². The van der Waals surface area contributed by atoms with Crippen LogP contribution < -0.4 is 5.32 Å². The number of nitrogens with zero attached hydrogens (tertiary/aromatic N) is 2. The molecule has 0 fully saturated rings. The molecule has 1 amide bonds. The highest BCUT2D eigenvalue weighted by Crippen LogP contribution is 2.17. The van der Waals surface area contributed by atoms with Crippen LogP contribution in [0.3, 0.4) is 0 Å². The van der Waals surface area contributed by atoms with Crippen molar-refractivity contribution in [2.45, 2.75) is 10.6 Å². The molecule has 0 aliphatic heterocycles. The van der Waals surface area contributed by atoms with Gasteiger partial charge >= 0.3 is 0 Å². The number of hydrogen-bond donors (Lipinski definition) is 1. The Kier molecular flexibility index (Phi) is 5.45. The average molecular weight is 417 g/mol. The van der Waals surface area contributed by atoms with Gasteiger partial charge in [-0.2, -0.15) is 5.10 Å². The summed E-state index contributed by atoms with van der Waals surface area (Å²) < 4.78 is 26.7. The van der Waals surface area contributed by atoms with Crippen LogP contribution in [0.15, 0.2) is 102 Å². The van der Waals surface area contributed by atoms with Gasteiger partial charge < -0.3 is 5.32 Å². The third kappa shape index (κ3) is 4.47. The molecule has 4 aromatic rings. The maximum Gasteiger partial charge on any atom is 0.256 e. The Bertz CT molecular complexity index is 1250. The van der Waals surface area contributed by atoms with Gasteiger partial charge in [0, 0.05) is 17.8 Å². The lowest BCUT2D eigenvalue weighted by Crippen LogP contribution is -2.13. The predicted octanol–water partition coefficient (Wildman–Crippen LogP) is 4.10. The fourth-order valence-corrected chi connectivity index (χ4v) is 4.36. The summed E-state index contributed by atoms with van der Waals surface area (Å²) in [6.07, 6.45) is 1.77. The number of rotatable bonds is 6. The van der Waals surface area contributed by atoms with E-state index in [-0.39, 0.29) is 16.6 Å². The number of carbonyl (C=O) groups excluding carboxylic acids is 1.